The molecule has 0 aromatic heterocycles. The molecule has 0 aromatic carbocycles. The van der Waals surface area contributed by atoms with E-state index in [1.165, 1.54) is 6.42 Å². The second-order valence-corrected chi connectivity index (χ2v) is 6.60. The molecular formula is C14H22NO3-. The van der Waals surface area contributed by atoms with Crippen LogP contribution < -0.4 is 10.4 Å². The maximum Gasteiger partial charge on any atom is 0.220 e. The van der Waals surface area contributed by atoms with Crippen molar-refractivity contribution in [1.82, 2.24) is 5.32 Å². The zero-order valence-corrected chi connectivity index (χ0v) is 11.4. The summed E-state index contributed by atoms with van der Waals surface area (Å²) in [5.41, 5.74) is 0.411. The van der Waals surface area contributed by atoms with Gasteiger partial charge >= 0.3 is 0 Å². The van der Waals surface area contributed by atoms with Gasteiger partial charge in [-0.25, -0.2) is 0 Å². The Bertz CT molecular complexity index is 377. The molecule has 0 saturated heterocycles. The predicted octanol–water partition coefficient (Wildman–Crippen LogP) is 0.847. The lowest BCUT2D eigenvalue weighted by Gasteiger charge is -2.39. The number of carboxylic acids is 1. The van der Waals surface area contributed by atoms with Gasteiger partial charge in [-0.15, -0.1) is 0 Å². The molecule has 4 nitrogen and oxygen atoms in total. The van der Waals surface area contributed by atoms with Gasteiger partial charge in [0.1, 0.15) is 0 Å². The zero-order valence-electron chi connectivity index (χ0n) is 11.4. The summed E-state index contributed by atoms with van der Waals surface area (Å²) in [5, 5.41) is 13.4. The van der Waals surface area contributed by atoms with E-state index in [1.807, 2.05) is 0 Å². The Kier molecular flexibility index (Phi) is 3.16. The van der Waals surface area contributed by atoms with Crippen LogP contribution in [0.25, 0.3) is 0 Å². The zero-order chi connectivity index (χ0) is 13.6. The van der Waals surface area contributed by atoms with Crippen molar-refractivity contribution in [2.45, 2.75) is 58.9 Å². The van der Waals surface area contributed by atoms with Crippen molar-refractivity contribution in [1.29, 1.82) is 0 Å². The smallest absolute Gasteiger partial charge is 0.220 e. The van der Waals surface area contributed by atoms with Crippen LogP contribution in [0.5, 0.6) is 0 Å². The molecule has 0 radical (unpaired) electrons. The molecule has 0 aliphatic heterocycles. The van der Waals surface area contributed by atoms with Gasteiger partial charge in [0.25, 0.3) is 0 Å². The first-order valence-corrected chi connectivity index (χ1v) is 6.76. The van der Waals surface area contributed by atoms with Crippen molar-refractivity contribution >= 4 is 11.9 Å². The molecule has 0 spiro atoms. The highest BCUT2D eigenvalue weighted by atomic mass is 16.4. The van der Waals surface area contributed by atoms with Gasteiger partial charge < -0.3 is 15.2 Å². The van der Waals surface area contributed by atoms with E-state index < -0.39 is 5.97 Å². The van der Waals surface area contributed by atoms with E-state index >= 15 is 0 Å². The highest BCUT2D eigenvalue weighted by Crippen LogP contribution is 2.65. The first-order valence-electron chi connectivity index (χ1n) is 6.76. The van der Waals surface area contributed by atoms with Crippen LogP contribution in [0.3, 0.4) is 0 Å². The average molecular weight is 252 g/mol. The van der Waals surface area contributed by atoms with Crippen LogP contribution in [0.2, 0.25) is 0 Å². The lowest BCUT2D eigenvalue weighted by Crippen LogP contribution is -2.47. The lowest BCUT2D eigenvalue weighted by molar-refractivity contribution is -0.305. The fourth-order valence-electron chi connectivity index (χ4n) is 3.90. The number of nitrogens with one attached hydrogen (secondary N) is 1. The van der Waals surface area contributed by atoms with Crippen molar-refractivity contribution in [3.8, 4) is 0 Å². The van der Waals surface area contributed by atoms with Gasteiger partial charge in [0.05, 0.1) is 0 Å². The molecule has 3 atom stereocenters. The third-order valence-electron chi connectivity index (χ3n) is 5.69. The van der Waals surface area contributed by atoms with E-state index in [0.717, 1.165) is 12.8 Å². The first-order chi connectivity index (χ1) is 8.27. The molecule has 4 heteroatoms. The molecular weight excluding hydrogens is 230 g/mol. The number of rotatable bonds is 4. The molecule has 2 aliphatic rings. The second kappa shape index (κ2) is 4.25. The van der Waals surface area contributed by atoms with Crippen LogP contribution in [-0.4, -0.2) is 17.9 Å². The van der Waals surface area contributed by atoms with Gasteiger partial charge in [-0.3, -0.25) is 4.79 Å². The van der Waals surface area contributed by atoms with Crippen LogP contribution in [-0.2, 0) is 9.59 Å². The number of fused-ring (bicyclic) bond motifs is 2. The molecule has 2 rings (SSSR count). The number of carbonyl (C=O) groups is 2. The SMILES string of the molecule is CC1(C)C2CCC1(C)C(NC(=O)CCC(=O)[O-])C2. The van der Waals surface area contributed by atoms with Crippen molar-refractivity contribution in [3.05, 3.63) is 0 Å². The van der Waals surface area contributed by atoms with Crippen molar-refractivity contribution in [3.63, 3.8) is 0 Å². The molecule has 18 heavy (non-hydrogen) atoms. The Hall–Kier alpha value is -1.06. The summed E-state index contributed by atoms with van der Waals surface area (Å²) in [4.78, 5) is 22.1. The summed E-state index contributed by atoms with van der Waals surface area (Å²) in [5.74, 6) is -0.646. The fourth-order valence-corrected chi connectivity index (χ4v) is 3.90. The van der Waals surface area contributed by atoms with E-state index in [4.69, 9.17) is 0 Å². The molecule has 0 aromatic rings. The molecule has 1 N–H and O–H groups in total. The normalized spacial score (nSPS) is 36.6. The number of aliphatic carboxylic acids is 1. The van der Waals surface area contributed by atoms with Gasteiger partial charge in [0, 0.05) is 18.4 Å². The van der Waals surface area contributed by atoms with Gasteiger partial charge in [0.2, 0.25) is 5.91 Å². The van der Waals surface area contributed by atoms with Crippen LogP contribution in [0, 0.1) is 16.7 Å². The molecule has 3 unspecified atom stereocenters. The van der Waals surface area contributed by atoms with Crippen LogP contribution in [0.4, 0.5) is 0 Å². The van der Waals surface area contributed by atoms with Gasteiger partial charge in [0.15, 0.2) is 0 Å². The summed E-state index contributed by atoms with van der Waals surface area (Å²) in [6.45, 7) is 6.83. The van der Waals surface area contributed by atoms with E-state index in [0.29, 0.717) is 5.92 Å². The Balaban J connectivity index is 1.96. The third-order valence-corrected chi connectivity index (χ3v) is 5.69. The number of amides is 1. The average Bonchev–Trinajstić information content (AvgIpc) is 2.59. The molecule has 1 amide bonds. The number of carbonyl (C=O) groups excluding carboxylic acids is 2. The minimum absolute atomic E-state index is 0.0278. The molecule has 102 valence electrons. The Morgan fingerprint density at radius 3 is 2.39 bits per heavy atom. The minimum atomic E-state index is -1.16. The minimum Gasteiger partial charge on any atom is -0.550 e. The number of carboxylic acid groups (broad SMARTS) is 1. The highest BCUT2D eigenvalue weighted by molar-refractivity contribution is 5.80. The maximum absolute atomic E-state index is 11.7. The van der Waals surface area contributed by atoms with E-state index in [-0.39, 0.29) is 35.6 Å². The molecule has 0 heterocycles. The van der Waals surface area contributed by atoms with Gasteiger partial charge in [-0.1, -0.05) is 20.8 Å². The van der Waals surface area contributed by atoms with Crippen LogP contribution in [0.15, 0.2) is 0 Å². The third kappa shape index (κ3) is 1.91. The number of hydrogen-bond donors (Lipinski definition) is 1. The Morgan fingerprint density at radius 1 is 1.28 bits per heavy atom. The van der Waals surface area contributed by atoms with Crippen molar-refractivity contribution < 1.29 is 14.7 Å². The fraction of sp³-hybridized carbons (Fsp3) is 0.857. The molecule has 2 bridgehead atoms. The Morgan fingerprint density at radius 2 is 1.94 bits per heavy atom. The van der Waals surface area contributed by atoms with Crippen LogP contribution in [0.1, 0.15) is 52.9 Å². The topological polar surface area (TPSA) is 69.2 Å². The predicted molar refractivity (Wildman–Crippen MR) is 65.4 cm³/mol. The quantitative estimate of drug-likeness (QED) is 0.806. The molecule has 2 fully saturated rings. The summed E-state index contributed by atoms with van der Waals surface area (Å²) < 4.78 is 0. The first kappa shape index (κ1) is 13.4. The molecule has 2 saturated carbocycles. The van der Waals surface area contributed by atoms with E-state index in [9.17, 15) is 14.7 Å². The van der Waals surface area contributed by atoms with E-state index in [1.54, 1.807) is 0 Å². The maximum atomic E-state index is 11.7. The van der Waals surface area contributed by atoms with E-state index in [2.05, 4.69) is 26.1 Å². The van der Waals surface area contributed by atoms with Crippen molar-refractivity contribution in [2.24, 2.45) is 16.7 Å². The lowest BCUT2D eigenvalue weighted by atomic mass is 9.69. The number of hydrogen-bond acceptors (Lipinski definition) is 3. The summed E-state index contributed by atoms with van der Waals surface area (Å²) in [7, 11) is 0. The van der Waals surface area contributed by atoms with Gasteiger partial charge in [-0.05, 0) is 42.4 Å². The Labute approximate surface area is 108 Å². The summed E-state index contributed by atoms with van der Waals surface area (Å²) in [6, 6.07) is 0.195. The monoisotopic (exact) mass is 252 g/mol. The second-order valence-electron chi connectivity index (χ2n) is 6.60. The highest BCUT2D eigenvalue weighted by Gasteiger charge is 2.61. The van der Waals surface area contributed by atoms with Gasteiger partial charge in [-0.2, -0.15) is 0 Å². The largest absolute Gasteiger partial charge is 0.550 e. The van der Waals surface area contributed by atoms with Crippen molar-refractivity contribution in [2.75, 3.05) is 0 Å². The standard InChI is InChI=1S/C14H23NO3/c1-13(2)9-6-7-14(13,3)10(8-9)15-11(16)4-5-12(17)18/h9-10H,4-8H2,1-3H3,(H,15,16)(H,17,18)/p-1. The van der Waals surface area contributed by atoms with Crippen LogP contribution >= 0.6 is 0 Å². The summed E-state index contributed by atoms with van der Waals surface area (Å²) in [6.07, 6.45) is 3.26. The molecule has 2 aliphatic carbocycles. The summed E-state index contributed by atoms with van der Waals surface area (Å²) >= 11 is 0.